The van der Waals surface area contributed by atoms with Crippen molar-refractivity contribution in [1.82, 2.24) is 19.4 Å². The van der Waals surface area contributed by atoms with Gasteiger partial charge in [-0.2, -0.15) is 0 Å². The van der Waals surface area contributed by atoms with Crippen molar-refractivity contribution in [3.63, 3.8) is 0 Å². The Bertz CT molecular complexity index is 1320. The standard InChI is InChI=1S/C23H23N7O3/c1-33-17-13-14(7-8-15(17)23(32)28-18-6-2-3-10-26-18)19-20-21(25)27-11-12-30(20)22(29-19)16(31)5-4-9-24/h2-3,6-8,10-13H,4-5,9,24H2,1H3,(H2,25,27)(H,26,28,32). The largest absolute Gasteiger partial charge is 0.496 e. The Morgan fingerprint density at radius 2 is 2.00 bits per heavy atom. The molecule has 0 saturated heterocycles. The van der Waals surface area contributed by atoms with Gasteiger partial charge in [0.25, 0.3) is 5.91 Å². The number of nitrogens with one attached hydrogen (secondary N) is 1. The monoisotopic (exact) mass is 445 g/mol. The van der Waals surface area contributed by atoms with E-state index < -0.39 is 0 Å². The van der Waals surface area contributed by atoms with Gasteiger partial charge in [0, 0.05) is 30.6 Å². The number of anilines is 2. The summed E-state index contributed by atoms with van der Waals surface area (Å²) in [6.45, 7) is 0.408. The molecule has 5 N–H and O–H groups in total. The number of benzene rings is 1. The normalized spacial score (nSPS) is 10.8. The van der Waals surface area contributed by atoms with E-state index >= 15 is 0 Å². The van der Waals surface area contributed by atoms with E-state index in [0.29, 0.717) is 46.9 Å². The fourth-order valence-corrected chi connectivity index (χ4v) is 3.48. The first-order valence-corrected chi connectivity index (χ1v) is 10.3. The lowest BCUT2D eigenvalue weighted by molar-refractivity contribution is 0.0969. The van der Waals surface area contributed by atoms with E-state index in [2.05, 4.69) is 20.3 Å². The number of pyridine rings is 1. The molecule has 0 spiro atoms. The summed E-state index contributed by atoms with van der Waals surface area (Å²) in [6, 6.07) is 10.2. The quantitative estimate of drug-likeness (QED) is 0.350. The summed E-state index contributed by atoms with van der Waals surface area (Å²) >= 11 is 0. The van der Waals surface area contributed by atoms with E-state index in [4.69, 9.17) is 16.2 Å². The van der Waals surface area contributed by atoms with Crippen LogP contribution < -0.4 is 21.5 Å². The summed E-state index contributed by atoms with van der Waals surface area (Å²) in [5.74, 6) is 0.720. The minimum atomic E-state index is -0.370. The zero-order valence-corrected chi connectivity index (χ0v) is 18.0. The number of aromatic nitrogens is 4. The van der Waals surface area contributed by atoms with Gasteiger partial charge >= 0.3 is 0 Å². The van der Waals surface area contributed by atoms with Crippen molar-refractivity contribution in [2.24, 2.45) is 5.73 Å². The van der Waals surface area contributed by atoms with Crippen LogP contribution in [-0.2, 0) is 0 Å². The number of carbonyl (C=O) groups is 2. The molecule has 0 atom stereocenters. The fraction of sp³-hybridized carbons (Fsp3) is 0.174. The maximum absolute atomic E-state index is 12.8. The summed E-state index contributed by atoms with van der Waals surface area (Å²) in [5, 5.41) is 2.73. The van der Waals surface area contributed by atoms with Crippen LogP contribution in [0, 0.1) is 0 Å². The summed E-state index contributed by atoms with van der Waals surface area (Å²) in [6.07, 6.45) is 5.57. The average molecular weight is 445 g/mol. The molecule has 33 heavy (non-hydrogen) atoms. The topological polar surface area (TPSA) is 151 Å². The third-order valence-corrected chi connectivity index (χ3v) is 5.07. The van der Waals surface area contributed by atoms with Crippen LogP contribution in [-0.4, -0.2) is 44.7 Å². The van der Waals surface area contributed by atoms with Gasteiger partial charge in [-0.25, -0.2) is 15.0 Å². The Labute approximate surface area is 189 Å². The summed E-state index contributed by atoms with van der Waals surface area (Å²) in [7, 11) is 1.47. The van der Waals surface area contributed by atoms with Gasteiger partial charge in [-0.1, -0.05) is 12.1 Å². The summed E-state index contributed by atoms with van der Waals surface area (Å²) in [4.78, 5) is 38.3. The molecule has 10 heteroatoms. The predicted octanol–water partition coefficient (Wildman–Crippen LogP) is 2.56. The first-order chi connectivity index (χ1) is 16.0. The van der Waals surface area contributed by atoms with Gasteiger partial charge in [0.15, 0.2) is 11.6 Å². The zero-order valence-electron chi connectivity index (χ0n) is 18.0. The number of rotatable bonds is 8. The Kier molecular flexibility index (Phi) is 6.27. The van der Waals surface area contributed by atoms with Gasteiger partial charge in [-0.05, 0) is 37.2 Å². The minimum absolute atomic E-state index is 0.148. The molecule has 1 amide bonds. The van der Waals surface area contributed by atoms with Gasteiger partial charge in [-0.15, -0.1) is 0 Å². The number of hydrogen-bond donors (Lipinski definition) is 3. The van der Waals surface area contributed by atoms with Crippen LogP contribution in [0.1, 0.15) is 33.8 Å². The van der Waals surface area contributed by atoms with Gasteiger partial charge in [0.05, 0.1) is 12.7 Å². The van der Waals surface area contributed by atoms with Gasteiger partial charge in [0.2, 0.25) is 0 Å². The highest BCUT2D eigenvalue weighted by Gasteiger charge is 2.22. The van der Waals surface area contributed by atoms with Crippen molar-refractivity contribution < 1.29 is 14.3 Å². The van der Waals surface area contributed by atoms with E-state index in [1.165, 1.54) is 13.3 Å². The van der Waals surface area contributed by atoms with Crippen LogP contribution in [0.2, 0.25) is 0 Å². The zero-order chi connectivity index (χ0) is 23.4. The predicted molar refractivity (Wildman–Crippen MR) is 124 cm³/mol. The van der Waals surface area contributed by atoms with E-state index in [9.17, 15) is 9.59 Å². The Hall–Kier alpha value is -4.31. The smallest absolute Gasteiger partial charge is 0.260 e. The average Bonchev–Trinajstić information content (AvgIpc) is 3.24. The molecule has 4 aromatic rings. The number of amides is 1. The molecule has 0 radical (unpaired) electrons. The molecule has 3 aromatic heterocycles. The number of ether oxygens (including phenoxy) is 1. The lowest BCUT2D eigenvalue weighted by Gasteiger charge is -2.10. The molecular weight excluding hydrogens is 422 g/mol. The molecule has 4 rings (SSSR count). The van der Waals surface area contributed by atoms with Gasteiger partial charge in [0.1, 0.15) is 28.6 Å². The molecule has 0 aliphatic rings. The van der Waals surface area contributed by atoms with Crippen molar-refractivity contribution in [3.8, 4) is 17.0 Å². The van der Waals surface area contributed by atoms with Crippen LogP contribution in [0.5, 0.6) is 5.75 Å². The molecule has 0 aliphatic heterocycles. The highest BCUT2D eigenvalue weighted by atomic mass is 16.5. The maximum Gasteiger partial charge on any atom is 0.260 e. The minimum Gasteiger partial charge on any atom is -0.496 e. The molecular formula is C23H23N7O3. The second-order valence-corrected chi connectivity index (χ2v) is 7.21. The van der Waals surface area contributed by atoms with Gasteiger partial charge in [-0.3, -0.25) is 14.0 Å². The van der Waals surface area contributed by atoms with Crippen LogP contribution in [0.3, 0.4) is 0 Å². The molecule has 0 aliphatic carbocycles. The highest BCUT2D eigenvalue weighted by molar-refractivity contribution is 6.06. The molecule has 10 nitrogen and oxygen atoms in total. The maximum atomic E-state index is 12.8. The van der Waals surface area contributed by atoms with Crippen LogP contribution in [0.15, 0.2) is 55.0 Å². The number of methoxy groups -OCH3 is 1. The third-order valence-electron chi connectivity index (χ3n) is 5.07. The van der Waals surface area contributed by atoms with Gasteiger partial charge < -0.3 is 21.5 Å². The molecule has 3 heterocycles. The Morgan fingerprint density at radius 1 is 1.15 bits per heavy atom. The molecule has 0 bridgehead atoms. The second kappa shape index (κ2) is 9.45. The van der Waals surface area contributed by atoms with Crippen LogP contribution in [0.4, 0.5) is 11.6 Å². The number of Topliss-reactive ketones (excluding diaryl/α,β-unsaturated/α-hetero) is 1. The fourth-order valence-electron chi connectivity index (χ4n) is 3.48. The van der Waals surface area contributed by atoms with E-state index in [1.54, 1.807) is 53.2 Å². The summed E-state index contributed by atoms with van der Waals surface area (Å²) in [5.41, 5.74) is 13.6. The highest BCUT2D eigenvalue weighted by Crippen LogP contribution is 2.32. The van der Waals surface area contributed by atoms with Crippen molar-refractivity contribution in [2.75, 3.05) is 24.7 Å². The third kappa shape index (κ3) is 4.37. The van der Waals surface area contributed by atoms with Crippen molar-refractivity contribution >= 4 is 28.8 Å². The van der Waals surface area contributed by atoms with E-state index in [0.717, 1.165) is 0 Å². The Balaban J connectivity index is 1.75. The SMILES string of the molecule is COc1cc(-c2nc(C(=O)CCCN)n3ccnc(N)c23)ccc1C(=O)Nc1ccccn1. The lowest BCUT2D eigenvalue weighted by Crippen LogP contribution is -2.14. The first-order valence-electron chi connectivity index (χ1n) is 10.3. The lowest BCUT2D eigenvalue weighted by atomic mass is 10.1. The molecule has 168 valence electrons. The molecule has 1 aromatic carbocycles. The summed E-state index contributed by atoms with van der Waals surface area (Å²) < 4.78 is 7.10. The number of imidazole rings is 1. The van der Waals surface area contributed by atoms with Crippen LogP contribution >= 0.6 is 0 Å². The Morgan fingerprint density at radius 3 is 2.73 bits per heavy atom. The molecule has 0 saturated carbocycles. The van der Waals surface area contributed by atoms with Crippen molar-refractivity contribution in [2.45, 2.75) is 12.8 Å². The second-order valence-electron chi connectivity index (χ2n) is 7.21. The number of nitrogen functional groups attached to an aromatic ring is 1. The number of fused-ring (bicyclic) bond motifs is 1. The molecule has 0 fully saturated rings. The number of carbonyl (C=O) groups excluding carboxylic acids is 2. The number of ketones is 1. The van der Waals surface area contributed by atoms with E-state index in [1.807, 2.05) is 0 Å². The number of nitrogens with zero attached hydrogens (tertiary/aromatic N) is 4. The molecule has 0 unspecified atom stereocenters. The van der Waals surface area contributed by atoms with Crippen molar-refractivity contribution in [3.05, 3.63) is 66.4 Å². The van der Waals surface area contributed by atoms with Crippen molar-refractivity contribution in [1.29, 1.82) is 0 Å². The number of nitrogens with two attached hydrogens (primary N) is 2. The number of hydrogen-bond acceptors (Lipinski definition) is 8. The van der Waals surface area contributed by atoms with E-state index in [-0.39, 0.29) is 29.8 Å². The van der Waals surface area contributed by atoms with Crippen LogP contribution in [0.25, 0.3) is 16.8 Å². The first kappa shape index (κ1) is 21.9.